The first-order valence-corrected chi connectivity index (χ1v) is 5.67. The van der Waals surface area contributed by atoms with Crippen LogP contribution < -0.4 is 4.74 Å². The number of benzene rings is 1. The highest BCUT2D eigenvalue weighted by atomic mass is 16.5. The van der Waals surface area contributed by atoms with Gasteiger partial charge >= 0.3 is 0 Å². The fourth-order valence-corrected chi connectivity index (χ4v) is 1.63. The zero-order chi connectivity index (χ0) is 12.8. The number of aromatic nitrogens is 2. The molecule has 0 bridgehead atoms. The fraction of sp³-hybridized carbons (Fsp3) is 0.214. The first-order valence-electron chi connectivity index (χ1n) is 5.67. The van der Waals surface area contributed by atoms with Crippen LogP contribution in [0.25, 0.3) is 11.3 Å². The predicted molar refractivity (Wildman–Crippen MR) is 68.0 cm³/mol. The van der Waals surface area contributed by atoms with E-state index >= 15 is 0 Å². The molecule has 1 aromatic heterocycles. The topological polar surface area (TPSA) is 58.8 Å². The predicted octanol–water partition coefficient (Wildman–Crippen LogP) is 2.61. The van der Waals surface area contributed by atoms with Crippen molar-refractivity contribution < 1.29 is 4.74 Å². The molecule has 18 heavy (non-hydrogen) atoms. The third kappa shape index (κ3) is 2.83. The number of rotatable bonds is 4. The zero-order valence-electron chi connectivity index (χ0n) is 10.1. The number of ether oxygens (including phenoxy) is 1. The van der Waals surface area contributed by atoms with Crippen molar-refractivity contribution in [3.63, 3.8) is 0 Å². The molecule has 0 aliphatic carbocycles. The Morgan fingerprint density at radius 3 is 3.00 bits per heavy atom. The summed E-state index contributed by atoms with van der Waals surface area (Å²) in [5.74, 6) is 1.49. The molecule has 1 heterocycles. The van der Waals surface area contributed by atoms with Crippen LogP contribution >= 0.6 is 0 Å². The summed E-state index contributed by atoms with van der Waals surface area (Å²) in [6.45, 7) is 0. The van der Waals surface area contributed by atoms with Crippen LogP contribution in [0.5, 0.6) is 5.75 Å². The zero-order valence-corrected chi connectivity index (χ0v) is 10.1. The van der Waals surface area contributed by atoms with Crippen molar-refractivity contribution in [1.29, 1.82) is 5.26 Å². The van der Waals surface area contributed by atoms with Crippen molar-refractivity contribution >= 4 is 0 Å². The third-order valence-electron chi connectivity index (χ3n) is 2.53. The lowest BCUT2D eigenvalue weighted by Gasteiger charge is -2.05. The van der Waals surface area contributed by atoms with Crippen LogP contribution in [0.4, 0.5) is 0 Å². The van der Waals surface area contributed by atoms with Crippen molar-refractivity contribution in [2.75, 3.05) is 7.11 Å². The maximum atomic E-state index is 8.56. The highest BCUT2D eigenvalue weighted by molar-refractivity contribution is 5.60. The van der Waals surface area contributed by atoms with E-state index in [2.05, 4.69) is 16.0 Å². The van der Waals surface area contributed by atoms with Gasteiger partial charge in [-0.3, -0.25) is 0 Å². The molecule has 0 aliphatic rings. The molecular weight excluding hydrogens is 226 g/mol. The number of hydrogen-bond donors (Lipinski definition) is 0. The minimum absolute atomic E-state index is 0.432. The van der Waals surface area contributed by atoms with E-state index in [4.69, 9.17) is 10.00 Å². The Labute approximate surface area is 106 Å². The van der Waals surface area contributed by atoms with Crippen LogP contribution in [-0.4, -0.2) is 17.1 Å². The van der Waals surface area contributed by atoms with Crippen LogP contribution in [0.3, 0.4) is 0 Å². The summed E-state index contributed by atoms with van der Waals surface area (Å²) in [5.41, 5.74) is 1.83. The molecule has 90 valence electrons. The molecule has 2 rings (SSSR count). The molecular formula is C14H13N3O. The smallest absolute Gasteiger partial charge is 0.129 e. The maximum absolute atomic E-state index is 8.56. The Kier molecular flexibility index (Phi) is 3.87. The van der Waals surface area contributed by atoms with E-state index in [1.807, 2.05) is 30.3 Å². The van der Waals surface area contributed by atoms with Gasteiger partial charge in [-0.1, -0.05) is 12.1 Å². The molecule has 0 amide bonds. The minimum Gasteiger partial charge on any atom is -0.497 e. The van der Waals surface area contributed by atoms with E-state index in [1.165, 1.54) is 0 Å². The quantitative estimate of drug-likeness (QED) is 0.822. The lowest BCUT2D eigenvalue weighted by molar-refractivity contribution is 0.415. The van der Waals surface area contributed by atoms with Crippen molar-refractivity contribution in [2.24, 2.45) is 0 Å². The van der Waals surface area contributed by atoms with Crippen LogP contribution in [-0.2, 0) is 6.42 Å². The maximum Gasteiger partial charge on any atom is 0.129 e. The third-order valence-corrected chi connectivity index (χ3v) is 2.53. The first kappa shape index (κ1) is 12.1. The summed E-state index contributed by atoms with van der Waals surface area (Å²) in [6.07, 6.45) is 2.73. The number of methoxy groups -OCH3 is 1. The first-order chi connectivity index (χ1) is 8.83. The SMILES string of the molecule is COc1cccc(-c2ccnc(CCC#N)n2)c1. The Morgan fingerprint density at radius 1 is 1.33 bits per heavy atom. The summed E-state index contributed by atoms with van der Waals surface area (Å²) in [5, 5.41) is 8.56. The van der Waals surface area contributed by atoms with Crippen molar-refractivity contribution in [2.45, 2.75) is 12.8 Å². The molecule has 4 heteroatoms. The minimum atomic E-state index is 0.432. The van der Waals surface area contributed by atoms with Gasteiger partial charge in [-0.25, -0.2) is 9.97 Å². The number of hydrogen-bond acceptors (Lipinski definition) is 4. The molecule has 0 saturated carbocycles. The standard InChI is InChI=1S/C14H13N3O/c1-18-12-5-2-4-11(10-12)13-7-9-16-14(17-13)6-3-8-15/h2,4-5,7,9-10H,3,6H2,1H3. The molecule has 0 N–H and O–H groups in total. The molecule has 0 aliphatic heterocycles. The second-order valence-electron chi connectivity index (χ2n) is 3.75. The normalized spacial score (nSPS) is 9.78. The number of nitrogens with zero attached hydrogens (tertiary/aromatic N) is 3. The van der Waals surface area contributed by atoms with Gasteiger partial charge in [0.15, 0.2) is 0 Å². The van der Waals surface area contributed by atoms with E-state index in [9.17, 15) is 0 Å². The van der Waals surface area contributed by atoms with Gasteiger partial charge in [0.05, 0.1) is 18.9 Å². The van der Waals surface area contributed by atoms with Gasteiger partial charge in [0.2, 0.25) is 0 Å². The van der Waals surface area contributed by atoms with E-state index < -0.39 is 0 Å². The summed E-state index contributed by atoms with van der Waals surface area (Å²) in [7, 11) is 1.64. The summed E-state index contributed by atoms with van der Waals surface area (Å²) in [6, 6.07) is 11.7. The highest BCUT2D eigenvalue weighted by Gasteiger charge is 2.03. The van der Waals surface area contributed by atoms with E-state index in [1.54, 1.807) is 13.3 Å². The Hall–Kier alpha value is -2.41. The second-order valence-corrected chi connectivity index (χ2v) is 3.75. The lowest BCUT2D eigenvalue weighted by Crippen LogP contribution is -1.96. The van der Waals surface area contributed by atoms with Crippen LogP contribution in [0.2, 0.25) is 0 Å². The van der Waals surface area contributed by atoms with Crippen LogP contribution in [0.15, 0.2) is 36.5 Å². The molecule has 0 spiro atoms. The van der Waals surface area contributed by atoms with Crippen LogP contribution in [0, 0.1) is 11.3 Å². The molecule has 1 aromatic carbocycles. The molecule has 4 nitrogen and oxygen atoms in total. The summed E-state index contributed by atoms with van der Waals surface area (Å²) >= 11 is 0. The fourth-order valence-electron chi connectivity index (χ4n) is 1.63. The highest BCUT2D eigenvalue weighted by Crippen LogP contribution is 2.21. The van der Waals surface area contributed by atoms with Gasteiger partial charge in [0.1, 0.15) is 11.6 Å². The average molecular weight is 239 g/mol. The molecule has 0 saturated heterocycles. The van der Waals surface area contributed by atoms with E-state index in [0.29, 0.717) is 18.7 Å². The van der Waals surface area contributed by atoms with Crippen molar-refractivity contribution in [3.05, 3.63) is 42.4 Å². The van der Waals surface area contributed by atoms with Gasteiger partial charge < -0.3 is 4.74 Å². The van der Waals surface area contributed by atoms with Crippen molar-refractivity contribution in [1.82, 2.24) is 9.97 Å². The molecule has 0 radical (unpaired) electrons. The summed E-state index contributed by atoms with van der Waals surface area (Å²) < 4.78 is 5.19. The Bertz CT molecular complexity index is 575. The molecule has 0 atom stereocenters. The number of aryl methyl sites for hydroxylation is 1. The lowest BCUT2D eigenvalue weighted by atomic mass is 10.1. The second kappa shape index (κ2) is 5.78. The molecule has 0 unspecified atom stereocenters. The van der Waals surface area contributed by atoms with Crippen LogP contribution in [0.1, 0.15) is 12.2 Å². The van der Waals surface area contributed by atoms with E-state index in [-0.39, 0.29) is 0 Å². The van der Waals surface area contributed by atoms with Gasteiger partial charge in [-0.05, 0) is 18.2 Å². The van der Waals surface area contributed by atoms with E-state index in [0.717, 1.165) is 17.0 Å². The molecule has 0 fully saturated rings. The van der Waals surface area contributed by atoms with Gasteiger partial charge in [-0.15, -0.1) is 0 Å². The summed E-state index contributed by atoms with van der Waals surface area (Å²) in [4.78, 5) is 8.59. The largest absolute Gasteiger partial charge is 0.497 e. The number of nitriles is 1. The Morgan fingerprint density at radius 2 is 2.22 bits per heavy atom. The monoisotopic (exact) mass is 239 g/mol. The van der Waals surface area contributed by atoms with Crippen molar-refractivity contribution in [3.8, 4) is 23.1 Å². The average Bonchev–Trinajstić information content (AvgIpc) is 2.45. The Balaban J connectivity index is 2.29. The molecule has 2 aromatic rings. The van der Waals surface area contributed by atoms with Gasteiger partial charge in [0.25, 0.3) is 0 Å². The van der Waals surface area contributed by atoms with Gasteiger partial charge in [0, 0.05) is 24.6 Å². The van der Waals surface area contributed by atoms with Gasteiger partial charge in [-0.2, -0.15) is 5.26 Å².